The molecule has 0 amide bonds. The molecule has 0 unspecified atom stereocenters. The topological polar surface area (TPSA) is 49.9 Å². The predicted molar refractivity (Wildman–Crippen MR) is 57.7 cm³/mol. The third-order valence-electron chi connectivity index (χ3n) is 2.69. The van der Waals surface area contributed by atoms with E-state index in [-0.39, 0.29) is 6.10 Å². The van der Waals surface area contributed by atoms with Crippen molar-refractivity contribution in [3.8, 4) is 0 Å². The Hall–Kier alpha value is -1.39. The summed E-state index contributed by atoms with van der Waals surface area (Å²) in [7, 11) is 0. The van der Waals surface area contributed by atoms with Crippen LogP contribution in [0.1, 0.15) is 11.8 Å². The van der Waals surface area contributed by atoms with E-state index in [4.69, 9.17) is 4.74 Å². The lowest BCUT2D eigenvalue weighted by atomic mass is 10.2. The SMILES string of the molecule is c1cnc2[nH]c([C@@H]3CNCCO3)cc2c1. The molecule has 1 aliphatic rings. The average molecular weight is 203 g/mol. The Morgan fingerprint density at radius 3 is 3.27 bits per heavy atom. The molecule has 1 aliphatic heterocycles. The molecule has 1 atom stereocenters. The molecule has 3 rings (SSSR count). The summed E-state index contributed by atoms with van der Waals surface area (Å²) in [4.78, 5) is 7.55. The number of hydrogen-bond donors (Lipinski definition) is 2. The van der Waals surface area contributed by atoms with Crippen molar-refractivity contribution < 1.29 is 4.74 Å². The Labute approximate surface area is 87.7 Å². The van der Waals surface area contributed by atoms with Gasteiger partial charge in [0.2, 0.25) is 0 Å². The van der Waals surface area contributed by atoms with Crippen LogP contribution in [0.3, 0.4) is 0 Å². The van der Waals surface area contributed by atoms with E-state index in [2.05, 4.69) is 27.4 Å². The van der Waals surface area contributed by atoms with Crippen LogP contribution < -0.4 is 5.32 Å². The van der Waals surface area contributed by atoms with Gasteiger partial charge in [-0.1, -0.05) is 0 Å². The van der Waals surface area contributed by atoms with Gasteiger partial charge in [-0.2, -0.15) is 0 Å². The van der Waals surface area contributed by atoms with Crippen LogP contribution in [-0.2, 0) is 4.74 Å². The molecule has 78 valence electrons. The highest BCUT2D eigenvalue weighted by Crippen LogP contribution is 2.21. The predicted octanol–water partition coefficient (Wildman–Crippen LogP) is 1.22. The minimum absolute atomic E-state index is 0.132. The van der Waals surface area contributed by atoms with E-state index in [9.17, 15) is 0 Å². The zero-order valence-corrected chi connectivity index (χ0v) is 8.36. The Kier molecular flexibility index (Phi) is 2.16. The monoisotopic (exact) mass is 203 g/mol. The van der Waals surface area contributed by atoms with Crippen LogP contribution >= 0.6 is 0 Å². The first-order valence-corrected chi connectivity index (χ1v) is 5.19. The summed E-state index contributed by atoms with van der Waals surface area (Å²) < 4.78 is 5.67. The van der Waals surface area contributed by atoms with Gasteiger partial charge < -0.3 is 15.0 Å². The van der Waals surface area contributed by atoms with Crippen molar-refractivity contribution >= 4 is 11.0 Å². The van der Waals surface area contributed by atoms with E-state index >= 15 is 0 Å². The lowest BCUT2D eigenvalue weighted by Crippen LogP contribution is -2.33. The lowest BCUT2D eigenvalue weighted by Gasteiger charge is -2.22. The largest absolute Gasteiger partial charge is 0.369 e. The number of nitrogens with one attached hydrogen (secondary N) is 2. The first-order chi connectivity index (χ1) is 7.43. The second-order valence-electron chi connectivity index (χ2n) is 3.73. The third-order valence-corrected chi connectivity index (χ3v) is 2.69. The Morgan fingerprint density at radius 2 is 2.47 bits per heavy atom. The highest BCUT2D eigenvalue weighted by molar-refractivity contribution is 5.76. The van der Waals surface area contributed by atoms with Crippen LogP contribution in [0.25, 0.3) is 11.0 Å². The molecule has 0 saturated carbocycles. The molecule has 2 aromatic rings. The smallest absolute Gasteiger partial charge is 0.137 e. The number of ether oxygens (including phenoxy) is 1. The van der Waals surface area contributed by atoms with Gasteiger partial charge in [0.1, 0.15) is 11.8 Å². The van der Waals surface area contributed by atoms with Crippen molar-refractivity contribution in [3.63, 3.8) is 0 Å². The highest BCUT2D eigenvalue weighted by atomic mass is 16.5. The van der Waals surface area contributed by atoms with E-state index in [0.717, 1.165) is 36.4 Å². The molecule has 3 heterocycles. The van der Waals surface area contributed by atoms with Gasteiger partial charge >= 0.3 is 0 Å². The third kappa shape index (κ3) is 1.62. The van der Waals surface area contributed by atoms with Gasteiger partial charge in [-0.3, -0.25) is 0 Å². The minimum atomic E-state index is 0.132. The molecule has 2 N–H and O–H groups in total. The summed E-state index contributed by atoms with van der Waals surface area (Å²) in [5, 5.41) is 4.45. The van der Waals surface area contributed by atoms with Crippen molar-refractivity contribution in [2.24, 2.45) is 0 Å². The van der Waals surface area contributed by atoms with Gasteiger partial charge in [-0.05, 0) is 18.2 Å². The minimum Gasteiger partial charge on any atom is -0.369 e. The number of hydrogen-bond acceptors (Lipinski definition) is 3. The fourth-order valence-electron chi connectivity index (χ4n) is 1.92. The van der Waals surface area contributed by atoms with Gasteiger partial charge in [0, 0.05) is 30.4 Å². The van der Waals surface area contributed by atoms with E-state index in [1.165, 1.54) is 0 Å². The molecule has 0 aliphatic carbocycles. The fraction of sp³-hybridized carbons (Fsp3) is 0.364. The fourth-order valence-corrected chi connectivity index (χ4v) is 1.92. The second-order valence-corrected chi connectivity index (χ2v) is 3.73. The molecule has 15 heavy (non-hydrogen) atoms. The molecular weight excluding hydrogens is 190 g/mol. The molecule has 4 heteroatoms. The molecule has 4 nitrogen and oxygen atoms in total. The maximum absolute atomic E-state index is 5.67. The molecule has 0 bridgehead atoms. The van der Waals surface area contributed by atoms with Crippen molar-refractivity contribution in [1.29, 1.82) is 0 Å². The summed E-state index contributed by atoms with van der Waals surface area (Å²) in [5.74, 6) is 0. The number of morpholine rings is 1. The summed E-state index contributed by atoms with van der Waals surface area (Å²) in [5.41, 5.74) is 2.04. The number of fused-ring (bicyclic) bond motifs is 1. The zero-order chi connectivity index (χ0) is 10.1. The first kappa shape index (κ1) is 8.88. The highest BCUT2D eigenvalue weighted by Gasteiger charge is 2.17. The van der Waals surface area contributed by atoms with E-state index in [1.807, 2.05) is 6.07 Å². The van der Waals surface area contributed by atoms with Crippen LogP contribution in [0.4, 0.5) is 0 Å². The number of H-pyrrole nitrogens is 1. The normalized spacial score (nSPS) is 22.0. The number of aromatic amines is 1. The quantitative estimate of drug-likeness (QED) is 0.732. The van der Waals surface area contributed by atoms with Crippen molar-refractivity contribution in [1.82, 2.24) is 15.3 Å². The lowest BCUT2D eigenvalue weighted by molar-refractivity contribution is 0.0255. The average Bonchev–Trinajstić information content (AvgIpc) is 2.74. The maximum Gasteiger partial charge on any atom is 0.137 e. The number of nitrogens with zero attached hydrogens (tertiary/aromatic N) is 1. The Balaban J connectivity index is 1.96. The van der Waals surface area contributed by atoms with Gasteiger partial charge in [-0.25, -0.2) is 4.98 Å². The van der Waals surface area contributed by atoms with Crippen molar-refractivity contribution in [3.05, 3.63) is 30.1 Å². The maximum atomic E-state index is 5.67. The van der Waals surface area contributed by atoms with Crippen LogP contribution in [0.2, 0.25) is 0 Å². The van der Waals surface area contributed by atoms with Crippen LogP contribution in [0, 0.1) is 0 Å². The molecule has 2 aromatic heterocycles. The first-order valence-electron chi connectivity index (χ1n) is 5.19. The summed E-state index contributed by atoms with van der Waals surface area (Å²) >= 11 is 0. The van der Waals surface area contributed by atoms with E-state index in [1.54, 1.807) is 6.20 Å². The summed E-state index contributed by atoms with van der Waals surface area (Å²) in [6.45, 7) is 2.58. The Morgan fingerprint density at radius 1 is 1.47 bits per heavy atom. The standard InChI is InChI=1S/C11H13N3O/c1-2-8-6-9(14-11(8)13-3-1)10-7-12-4-5-15-10/h1-3,6,10,12H,4-5,7H2,(H,13,14)/t10-/m0/s1. The van der Waals surface area contributed by atoms with Gasteiger partial charge in [0.25, 0.3) is 0 Å². The van der Waals surface area contributed by atoms with Crippen LogP contribution in [0.5, 0.6) is 0 Å². The van der Waals surface area contributed by atoms with Crippen molar-refractivity contribution in [2.75, 3.05) is 19.7 Å². The molecule has 0 spiro atoms. The number of pyridine rings is 1. The summed E-state index contributed by atoms with van der Waals surface area (Å²) in [6, 6.07) is 6.11. The molecule has 0 aromatic carbocycles. The Bertz CT molecular complexity index is 427. The van der Waals surface area contributed by atoms with E-state index < -0.39 is 0 Å². The molecule has 1 fully saturated rings. The van der Waals surface area contributed by atoms with Crippen LogP contribution in [0.15, 0.2) is 24.4 Å². The summed E-state index contributed by atoms with van der Waals surface area (Å²) in [6.07, 6.45) is 1.93. The molecule has 0 radical (unpaired) electrons. The number of rotatable bonds is 1. The van der Waals surface area contributed by atoms with Gasteiger partial charge in [-0.15, -0.1) is 0 Å². The van der Waals surface area contributed by atoms with Crippen LogP contribution in [-0.4, -0.2) is 29.7 Å². The van der Waals surface area contributed by atoms with E-state index in [0.29, 0.717) is 0 Å². The van der Waals surface area contributed by atoms with Gasteiger partial charge in [0.15, 0.2) is 0 Å². The van der Waals surface area contributed by atoms with Crippen molar-refractivity contribution in [2.45, 2.75) is 6.10 Å². The number of aromatic nitrogens is 2. The second kappa shape index (κ2) is 3.64. The molecule has 1 saturated heterocycles. The molecular formula is C11H13N3O. The zero-order valence-electron chi connectivity index (χ0n) is 8.36. The van der Waals surface area contributed by atoms with Gasteiger partial charge in [0.05, 0.1) is 6.61 Å².